The molecule has 0 saturated heterocycles. The fourth-order valence-corrected chi connectivity index (χ4v) is 2.64. The van der Waals surface area contributed by atoms with Crippen LogP contribution in [0.3, 0.4) is 0 Å². The molecule has 0 bridgehead atoms. The third-order valence-electron chi connectivity index (χ3n) is 3.78. The summed E-state index contributed by atoms with van der Waals surface area (Å²) in [5, 5.41) is 8.08. The summed E-state index contributed by atoms with van der Waals surface area (Å²) in [6, 6.07) is 0.311. The summed E-state index contributed by atoms with van der Waals surface area (Å²) in [5.74, 6) is 0.337. The number of hydrogen-bond acceptors (Lipinski definition) is 5. The van der Waals surface area contributed by atoms with Crippen LogP contribution in [-0.2, 0) is 11.3 Å². The summed E-state index contributed by atoms with van der Waals surface area (Å²) >= 11 is 0. The Labute approximate surface area is 113 Å². The molecular formula is C13H22N4O2. The Bertz CT molecular complexity index is 436. The summed E-state index contributed by atoms with van der Waals surface area (Å²) < 4.78 is 6.81. The van der Waals surface area contributed by atoms with E-state index in [1.165, 1.54) is 12.8 Å². The van der Waals surface area contributed by atoms with E-state index in [0.717, 1.165) is 18.8 Å². The number of carbonyl (C=O) groups is 1. The minimum Gasteiger partial charge on any atom is -0.461 e. The average Bonchev–Trinajstić information content (AvgIpc) is 2.83. The van der Waals surface area contributed by atoms with E-state index in [2.05, 4.69) is 17.2 Å². The van der Waals surface area contributed by atoms with Crippen LogP contribution in [0.5, 0.6) is 0 Å². The second kappa shape index (κ2) is 6.14. The van der Waals surface area contributed by atoms with E-state index in [0.29, 0.717) is 18.3 Å². The maximum absolute atomic E-state index is 11.8. The van der Waals surface area contributed by atoms with Gasteiger partial charge in [-0.15, -0.1) is 5.10 Å². The van der Waals surface area contributed by atoms with Crippen LogP contribution in [0.15, 0.2) is 0 Å². The van der Waals surface area contributed by atoms with Gasteiger partial charge in [-0.3, -0.25) is 0 Å². The summed E-state index contributed by atoms with van der Waals surface area (Å²) in [5.41, 5.74) is 6.71. The number of aromatic nitrogens is 3. The van der Waals surface area contributed by atoms with Crippen LogP contribution in [0.1, 0.15) is 61.8 Å². The third kappa shape index (κ3) is 2.94. The molecule has 0 aliphatic heterocycles. The number of ether oxygens (including phenoxy) is 1. The largest absolute Gasteiger partial charge is 0.461 e. The van der Waals surface area contributed by atoms with E-state index in [9.17, 15) is 4.79 Å². The maximum atomic E-state index is 11.8. The van der Waals surface area contributed by atoms with Crippen molar-refractivity contribution >= 4 is 5.97 Å². The molecule has 2 rings (SSSR count). The molecule has 0 spiro atoms. The maximum Gasteiger partial charge on any atom is 0.360 e. The van der Waals surface area contributed by atoms with Gasteiger partial charge in [-0.25, -0.2) is 9.48 Å². The molecular weight excluding hydrogens is 244 g/mol. The van der Waals surface area contributed by atoms with Crippen molar-refractivity contribution in [3.63, 3.8) is 0 Å². The Balaban J connectivity index is 2.19. The van der Waals surface area contributed by atoms with E-state index >= 15 is 0 Å². The van der Waals surface area contributed by atoms with Gasteiger partial charge in [0.25, 0.3) is 0 Å². The molecule has 1 aromatic heterocycles. The number of carbonyl (C=O) groups excluding carboxylic acids is 1. The van der Waals surface area contributed by atoms with E-state index in [-0.39, 0.29) is 12.2 Å². The molecule has 1 aromatic rings. The van der Waals surface area contributed by atoms with Crippen molar-refractivity contribution in [2.75, 3.05) is 6.61 Å². The molecule has 0 aromatic carbocycles. The summed E-state index contributed by atoms with van der Waals surface area (Å²) in [6.07, 6.45) is 4.51. The zero-order valence-corrected chi connectivity index (χ0v) is 11.6. The SMILES string of the molecule is CCOC(=O)c1nnn(C2CCC(C)CC2)c1CN. The summed E-state index contributed by atoms with van der Waals surface area (Å²) in [4.78, 5) is 11.8. The molecule has 19 heavy (non-hydrogen) atoms. The van der Waals surface area contributed by atoms with Crippen molar-refractivity contribution in [1.29, 1.82) is 0 Å². The Morgan fingerprint density at radius 2 is 2.11 bits per heavy atom. The smallest absolute Gasteiger partial charge is 0.360 e. The lowest BCUT2D eigenvalue weighted by Gasteiger charge is -2.27. The third-order valence-corrected chi connectivity index (χ3v) is 3.78. The van der Waals surface area contributed by atoms with Crippen molar-refractivity contribution in [2.24, 2.45) is 11.7 Å². The molecule has 0 atom stereocenters. The summed E-state index contributed by atoms with van der Waals surface area (Å²) in [6.45, 7) is 4.63. The molecule has 1 fully saturated rings. The van der Waals surface area contributed by atoms with Crippen LogP contribution in [-0.4, -0.2) is 27.6 Å². The van der Waals surface area contributed by atoms with Gasteiger partial charge >= 0.3 is 5.97 Å². The quantitative estimate of drug-likeness (QED) is 0.838. The van der Waals surface area contributed by atoms with Gasteiger partial charge in [-0.2, -0.15) is 0 Å². The lowest BCUT2D eigenvalue weighted by Crippen LogP contribution is -2.22. The van der Waals surface area contributed by atoms with Crippen LogP contribution in [0, 0.1) is 5.92 Å². The van der Waals surface area contributed by atoms with E-state index in [1.807, 2.05) is 4.68 Å². The Hall–Kier alpha value is -1.43. The predicted octanol–water partition coefficient (Wildman–Crippen LogP) is 1.66. The van der Waals surface area contributed by atoms with Gasteiger partial charge in [0.05, 0.1) is 18.3 Å². The highest BCUT2D eigenvalue weighted by atomic mass is 16.5. The minimum atomic E-state index is -0.432. The van der Waals surface area contributed by atoms with Crippen molar-refractivity contribution in [3.05, 3.63) is 11.4 Å². The zero-order chi connectivity index (χ0) is 13.8. The number of nitrogens with zero attached hydrogens (tertiary/aromatic N) is 3. The first-order chi connectivity index (χ1) is 9.17. The number of rotatable bonds is 4. The first-order valence-corrected chi connectivity index (χ1v) is 6.98. The van der Waals surface area contributed by atoms with Crippen molar-refractivity contribution in [1.82, 2.24) is 15.0 Å². The lowest BCUT2D eigenvalue weighted by molar-refractivity contribution is 0.0518. The second-order valence-electron chi connectivity index (χ2n) is 5.17. The van der Waals surface area contributed by atoms with Gasteiger partial charge in [-0.1, -0.05) is 12.1 Å². The molecule has 6 heteroatoms. The molecule has 0 radical (unpaired) electrons. The normalized spacial score (nSPS) is 23.3. The Morgan fingerprint density at radius 1 is 1.42 bits per heavy atom. The van der Waals surface area contributed by atoms with Gasteiger partial charge in [0, 0.05) is 6.54 Å². The molecule has 6 nitrogen and oxygen atoms in total. The van der Waals surface area contributed by atoms with Crippen molar-refractivity contribution in [2.45, 2.75) is 52.1 Å². The molecule has 1 saturated carbocycles. The van der Waals surface area contributed by atoms with Gasteiger partial charge in [0.15, 0.2) is 5.69 Å². The molecule has 1 heterocycles. The van der Waals surface area contributed by atoms with Crippen molar-refractivity contribution in [3.8, 4) is 0 Å². The van der Waals surface area contributed by atoms with Gasteiger partial charge in [0.1, 0.15) is 0 Å². The number of hydrogen-bond donors (Lipinski definition) is 1. The van der Waals surface area contributed by atoms with Gasteiger partial charge in [-0.05, 0) is 38.5 Å². The van der Waals surface area contributed by atoms with Crippen LogP contribution in [0.25, 0.3) is 0 Å². The van der Waals surface area contributed by atoms with E-state index < -0.39 is 5.97 Å². The van der Waals surface area contributed by atoms with Crippen LogP contribution >= 0.6 is 0 Å². The monoisotopic (exact) mass is 266 g/mol. The minimum absolute atomic E-state index is 0.257. The Kier molecular flexibility index (Phi) is 4.52. The van der Waals surface area contributed by atoms with Crippen LogP contribution in [0.4, 0.5) is 0 Å². The first-order valence-electron chi connectivity index (χ1n) is 6.98. The number of esters is 1. The van der Waals surface area contributed by atoms with E-state index in [4.69, 9.17) is 10.5 Å². The fourth-order valence-electron chi connectivity index (χ4n) is 2.64. The van der Waals surface area contributed by atoms with E-state index in [1.54, 1.807) is 6.92 Å². The highest BCUT2D eigenvalue weighted by Crippen LogP contribution is 2.32. The lowest BCUT2D eigenvalue weighted by atomic mass is 9.87. The Morgan fingerprint density at radius 3 is 2.68 bits per heavy atom. The van der Waals surface area contributed by atoms with Crippen LogP contribution in [0.2, 0.25) is 0 Å². The highest BCUT2D eigenvalue weighted by Gasteiger charge is 2.26. The van der Waals surface area contributed by atoms with Gasteiger partial charge in [0.2, 0.25) is 0 Å². The average molecular weight is 266 g/mol. The standard InChI is InChI=1S/C13H22N4O2/c1-3-19-13(18)12-11(8-14)17(16-15-12)10-6-4-9(2)5-7-10/h9-10H,3-8,14H2,1-2H3. The van der Waals surface area contributed by atoms with Crippen LogP contribution < -0.4 is 5.73 Å². The first kappa shape index (κ1) is 14.0. The number of nitrogens with two attached hydrogens (primary N) is 1. The molecule has 106 valence electrons. The molecule has 2 N–H and O–H groups in total. The molecule has 1 aliphatic carbocycles. The predicted molar refractivity (Wildman–Crippen MR) is 70.5 cm³/mol. The van der Waals surface area contributed by atoms with Crippen molar-refractivity contribution < 1.29 is 9.53 Å². The molecule has 1 aliphatic rings. The topological polar surface area (TPSA) is 83.0 Å². The van der Waals surface area contributed by atoms with Gasteiger partial charge < -0.3 is 10.5 Å². The highest BCUT2D eigenvalue weighted by molar-refractivity contribution is 5.88. The second-order valence-corrected chi connectivity index (χ2v) is 5.17. The fraction of sp³-hybridized carbons (Fsp3) is 0.769. The zero-order valence-electron chi connectivity index (χ0n) is 11.6. The summed E-state index contributed by atoms with van der Waals surface area (Å²) in [7, 11) is 0. The molecule has 0 amide bonds. The molecule has 0 unspecified atom stereocenters.